The second-order valence-electron chi connectivity index (χ2n) is 7.94. The van der Waals surface area contributed by atoms with E-state index in [9.17, 15) is 0 Å². The van der Waals surface area contributed by atoms with E-state index in [2.05, 4.69) is 47.3 Å². The fourth-order valence-electron chi connectivity index (χ4n) is 3.58. The highest BCUT2D eigenvalue weighted by atomic mass is 28.4. The van der Waals surface area contributed by atoms with Crippen molar-refractivity contribution >= 4 is 29.6 Å². The van der Waals surface area contributed by atoms with Gasteiger partial charge in [-0.3, -0.25) is 9.98 Å². The summed E-state index contributed by atoms with van der Waals surface area (Å²) in [5.74, 6) is 0. The molecule has 0 amide bonds. The molecule has 1 aromatic rings. The molecule has 0 aromatic heterocycles. The average Bonchev–Trinajstić information content (AvgIpc) is 2.75. The fourth-order valence-corrected chi connectivity index (χ4v) is 8.37. The smallest absolute Gasteiger partial charge is 0.334 e. The summed E-state index contributed by atoms with van der Waals surface area (Å²) in [6.07, 6.45) is 5.85. The summed E-state index contributed by atoms with van der Waals surface area (Å²) in [4.78, 5) is 9.13. The molecule has 0 radical (unpaired) electrons. The van der Waals surface area contributed by atoms with Gasteiger partial charge >= 0.3 is 17.1 Å². The van der Waals surface area contributed by atoms with Gasteiger partial charge in [0.15, 0.2) is 0 Å². The highest BCUT2D eigenvalue weighted by molar-refractivity contribution is 6.66. The molecule has 0 aliphatic rings. The highest BCUT2D eigenvalue weighted by Crippen LogP contribution is 2.17. The van der Waals surface area contributed by atoms with Crippen LogP contribution in [0.5, 0.6) is 0 Å². The number of rotatable bonds is 18. The van der Waals surface area contributed by atoms with Gasteiger partial charge < -0.3 is 17.7 Å². The Hall–Kier alpha value is -1.17. The van der Waals surface area contributed by atoms with E-state index in [1.54, 1.807) is 0 Å². The highest BCUT2D eigenvalue weighted by Gasteiger charge is 2.30. The van der Waals surface area contributed by atoms with Crippen molar-refractivity contribution in [2.45, 2.75) is 65.7 Å². The van der Waals surface area contributed by atoms with Crippen molar-refractivity contribution < 1.29 is 17.7 Å². The van der Waals surface area contributed by atoms with Crippen LogP contribution in [0.4, 0.5) is 0 Å². The summed E-state index contributed by atoms with van der Waals surface area (Å²) in [6.45, 7) is 16.8. The van der Waals surface area contributed by atoms with Crippen LogP contribution in [0.3, 0.4) is 0 Å². The number of nitrogens with zero attached hydrogens (tertiary/aromatic N) is 2. The van der Waals surface area contributed by atoms with E-state index in [1.165, 1.54) is 0 Å². The molecule has 0 N–H and O–H groups in total. The van der Waals surface area contributed by atoms with Gasteiger partial charge in [-0.25, -0.2) is 0 Å². The third-order valence-electron chi connectivity index (χ3n) is 5.05. The van der Waals surface area contributed by atoms with Crippen molar-refractivity contribution in [3.8, 4) is 0 Å². The molecule has 0 atom stereocenters. The van der Waals surface area contributed by atoms with Crippen LogP contribution in [-0.2, 0) is 17.7 Å². The number of aliphatic imine (C=N–C) groups is 2. The van der Waals surface area contributed by atoms with Gasteiger partial charge in [-0.05, 0) is 76.8 Å². The van der Waals surface area contributed by atoms with Crippen LogP contribution in [0.15, 0.2) is 34.3 Å². The minimum absolute atomic E-state index is 0.712. The minimum atomic E-state index is -2.02. The van der Waals surface area contributed by atoms with Crippen LogP contribution in [0.25, 0.3) is 0 Å². The number of hydrogen-bond acceptors (Lipinski definition) is 6. The van der Waals surface area contributed by atoms with Crippen LogP contribution in [0.2, 0.25) is 25.2 Å². The molecule has 182 valence electrons. The fraction of sp³-hybridized carbons (Fsp3) is 0.667. The summed E-state index contributed by atoms with van der Waals surface area (Å²) in [5.41, 5.74) is 2.21. The van der Waals surface area contributed by atoms with Crippen molar-refractivity contribution in [1.82, 2.24) is 0 Å². The summed E-state index contributed by atoms with van der Waals surface area (Å²) >= 11 is 0. The zero-order valence-corrected chi connectivity index (χ0v) is 23.1. The molecular weight excluding hydrogens is 436 g/mol. The van der Waals surface area contributed by atoms with Crippen LogP contribution in [-0.4, -0.2) is 69.1 Å². The molecule has 0 unspecified atom stereocenters. The van der Waals surface area contributed by atoms with E-state index in [4.69, 9.17) is 17.7 Å². The monoisotopic (exact) mass is 480 g/mol. The molecule has 0 saturated carbocycles. The zero-order valence-electron chi connectivity index (χ0n) is 21.1. The van der Waals surface area contributed by atoms with Crippen LogP contribution in [0, 0.1) is 0 Å². The van der Waals surface area contributed by atoms with Crippen LogP contribution < -0.4 is 0 Å². The third kappa shape index (κ3) is 12.2. The lowest BCUT2D eigenvalue weighted by molar-refractivity contribution is 0.188. The number of hydrogen-bond donors (Lipinski definition) is 0. The van der Waals surface area contributed by atoms with Gasteiger partial charge in [0, 0.05) is 51.9 Å². The molecule has 1 rings (SSSR count). The molecular formula is C24H44N2O4Si2. The largest absolute Gasteiger partial charge is 0.395 e. The molecule has 0 bridgehead atoms. The Morgan fingerprint density at radius 1 is 0.625 bits per heavy atom. The van der Waals surface area contributed by atoms with E-state index in [0.717, 1.165) is 49.1 Å². The molecule has 32 heavy (non-hydrogen) atoms. The first kappa shape index (κ1) is 28.9. The Morgan fingerprint density at radius 3 is 1.22 bits per heavy atom. The normalized spacial score (nSPS) is 12.9. The first-order chi connectivity index (χ1) is 15.4. The number of benzene rings is 1. The molecule has 0 heterocycles. The van der Waals surface area contributed by atoms with Crippen LogP contribution >= 0.6 is 0 Å². The molecule has 0 saturated heterocycles. The lowest BCUT2D eigenvalue weighted by Crippen LogP contribution is -2.38. The quantitative estimate of drug-likeness (QED) is 0.156. The Bertz CT molecular complexity index is 599. The van der Waals surface area contributed by atoms with Crippen molar-refractivity contribution in [1.29, 1.82) is 0 Å². The first-order valence-corrected chi connectivity index (χ1v) is 17.1. The molecule has 8 heteroatoms. The minimum Gasteiger partial charge on any atom is -0.395 e. The zero-order chi connectivity index (χ0) is 23.7. The van der Waals surface area contributed by atoms with E-state index < -0.39 is 17.1 Å². The maximum absolute atomic E-state index is 5.88. The predicted octanol–water partition coefficient (Wildman–Crippen LogP) is 5.59. The van der Waals surface area contributed by atoms with E-state index >= 15 is 0 Å². The van der Waals surface area contributed by atoms with Gasteiger partial charge in [-0.2, -0.15) is 0 Å². The lowest BCUT2D eigenvalue weighted by atomic mass is 10.1. The van der Waals surface area contributed by atoms with Gasteiger partial charge in [-0.15, -0.1) is 0 Å². The Labute approximate surface area is 198 Å². The molecule has 6 nitrogen and oxygen atoms in total. The first-order valence-electron chi connectivity index (χ1n) is 12.1. The molecule has 0 aliphatic carbocycles. The van der Waals surface area contributed by atoms with E-state index in [-0.39, 0.29) is 0 Å². The van der Waals surface area contributed by atoms with Crippen LogP contribution in [0.1, 0.15) is 51.7 Å². The summed E-state index contributed by atoms with van der Waals surface area (Å²) in [6, 6.07) is 10.3. The molecule has 0 aliphatic heterocycles. The second kappa shape index (κ2) is 16.4. The van der Waals surface area contributed by atoms with Gasteiger partial charge in [0.2, 0.25) is 0 Å². The molecule has 0 fully saturated rings. The Kier molecular flexibility index (Phi) is 14.8. The molecule has 1 aromatic carbocycles. The van der Waals surface area contributed by atoms with E-state index in [0.29, 0.717) is 26.4 Å². The summed E-state index contributed by atoms with van der Waals surface area (Å²) in [7, 11) is -4.05. The van der Waals surface area contributed by atoms with Crippen molar-refractivity contribution in [3.05, 3.63) is 35.4 Å². The lowest BCUT2D eigenvalue weighted by Gasteiger charge is -2.25. The van der Waals surface area contributed by atoms with Crippen molar-refractivity contribution in [3.63, 3.8) is 0 Å². The third-order valence-corrected chi connectivity index (χ3v) is 11.2. The Morgan fingerprint density at radius 2 is 0.938 bits per heavy atom. The second-order valence-corrected chi connectivity index (χ2v) is 14.6. The average molecular weight is 481 g/mol. The maximum Gasteiger partial charge on any atom is 0.334 e. The maximum atomic E-state index is 5.88. The summed E-state index contributed by atoms with van der Waals surface area (Å²) in [5, 5.41) is 0. The Balaban J connectivity index is 2.38. The summed E-state index contributed by atoms with van der Waals surface area (Å²) < 4.78 is 23.5. The van der Waals surface area contributed by atoms with Gasteiger partial charge in [-0.1, -0.05) is 24.3 Å². The predicted molar refractivity (Wildman–Crippen MR) is 140 cm³/mol. The van der Waals surface area contributed by atoms with Crippen molar-refractivity contribution in [2.75, 3.05) is 39.5 Å². The standard InChI is InChI=1S/C24H44N2O4Si2/c1-7-27-31(5,28-8-2)19-11-17-25-21-23-13-15-24(16-14-23)22-26-18-12-20-32(6,29-9-3)30-10-4/h13-16,21-22H,7-12,17-20H2,1-6H3. The molecule has 0 spiro atoms. The van der Waals surface area contributed by atoms with Gasteiger partial charge in [0.25, 0.3) is 0 Å². The van der Waals surface area contributed by atoms with Crippen molar-refractivity contribution in [2.24, 2.45) is 9.98 Å². The van der Waals surface area contributed by atoms with Gasteiger partial charge in [0.05, 0.1) is 0 Å². The van der Waals surface area contributed by atoms with E-state index in [1.807, 2.05) is 40.1 Å². The topological polar surface area (TPSA) is 61.6 Å². The van der Waals surface area contributed by atoms with Gasteiger partial charge in [0.1, 0.15) is 0 Å². The SMILES string of the molecule is CCO[Si](C)(CCCN=Cc1ccc(C=NCCC[Si](C)(OCC)OCC)cc1)OCC.